The molecule has 0 spiro atoms. The lowest BCUT2D eigenvalue weighted by atomic mass is 10.2. The highest BCUT2D eigenvalue weighted by Crippen LogP contribution is 2.33. The molecule has 0 radical (unpaired) electrons. The molecule has 0 bridgehead atoms. The number of hydrogen-bond acceptors (Lipinski definition) is 8. The summed E-state index contributed by atoms with van der Waals surface area (Å²) in [5.74, 6) is 1.37. The summed E-state index contributed by atoms with van der Waals surface area (Å²) in [6, 6.07) is 9.45. The highest BCUT2D eigenvalue weighted by Gasteiger charge is 2.36. The fourth-order valence-corrected chi connectivity index (χ4v) is 3.35. The molecule has 1 saturated heterocycles. The van der Waals surface area contributed by atoms with E-state index in [9.17, 15) is 13.2 Å². The molecule has 1 aliphatic rings. The smallest absolute Gasteiger partial charge is 0.378 e. The fraction of sp³-hybridized carbons (Fsp3) is 0.316. The van der Waals surface area contributed by atoms with Crippen LogP contribution in [0.15, 0.2) is 36.5 Å². The van der Waals surface area contributed by atoms with Crippen molar-refractivity contribution in [2.45, 2.75) is 12.7 Å². The van der Waals surface area contributed by atoms with E-state index < -0.39 is 11.7 Å². The number of hydrogen-bond donors (Lipinski definition) is 2. The number of nitrogens with zero attached hydrogens (tertiary/aromatic N) is 7. The molecule has 3 aromatic heterocycles. The summed E-state index contributed by atoms with van der Waals surface area (Å²) in [6.07, 6.45) is -3.84. The molecule has 0 aliphatic carbocycles. The van der Waals surface area contributed by atoms with Gasteiger partial charge in [-0.05, 0) is 0 Å². The quantitative estimate of drug-likeness (QED) is 0.482. The van der Waals surface area contributed by atoms with Gasteiger partial charge in [0.1, 0.15) is 11.4 Å². The maximum atomic E-state index is 13.5. The van der Waals surface area contributed by atoms with Crippen molar-refractivity contribution in [3.05, 3.63) is 47.9 Å². The van der Waals surface area contributed by atoms with Crippen LogP contribution in [-0.4, -0.2) is 61.1 Å². The number of benzene rings is 1. The lowest BCUT2D eigenvalue weighted by molar-refractivity contribution is -0.136. The number of halogens is 3. The van der Waals surface area contributed by atoms with E-state index in [1.807, 2.05) is 30.3 Å². The van der Waals surface area contributed by atoms with Crippen molar-refractivity contribution < 1.29 is 17.9 Å². The summed E-state index contributed by atoms with van der Waals surface area (Å²) in [5.41, 5.74) is -0.380. The molecule has 0 saturated carbocycles. The van der Waals surface area contributed by atoms with Crippen LogP contribution in [-0.2, 0) is 17.5 Å². The van der Waals surface area contributed by atoms with Crippen molar-refractivity contribution in [1.29, 1.82) is 0 Å². The number of aromatic nitrogens is 7. The highest BCUT2D eigenvalue weighted by molar-refractivity contribution is 5.57. The first-order valence-electron chi connectivity index (χ1n) is 9.85. The van der Waals surface area contributed by atoms with Crippen LogP contribution < -0.4 is 10.2 Å². The average molecular weight is 445 g/mol. The Morgan fingerprint density at radius 2 is 1.84 bits per heavy atom. The van der Waals surface area contributed by atoms with Crippen molar-refractivity contribution in [2.24, 2.45) is 0 Å². The second-order valence-electron chi connectivity index (χ2n) is 7.08. The van der Waals surface area contributed by atoms with Gasteiger partial charge in [0.2, 0.25) is 11.9 Å². The summed E-state index contributed by atoms with van der Waals surface area (Å²) in [7, 11) is 0. The predicted octanol–water partition coefficient (Wildman–Crippen LogP) is 2.38. The molecule has 1 aromatic carbocycles. The molecular weight excluding hydrogens is 427 g/mol. The van der Waals surface area contributed by atoms with Crippen LogP contribution in [0.4, 0.5) is 25.1 Å². The van der Waals surface area contributed by atoms with Gasteiger partial charge in [-0.25, -0.2) is 0 Å². The van der Waals surface area contributed by atoms with Gasteiger partial charge in [0.15, 0.2) is 11.5 Å². The van der Waals surface area contributed by atoms with Gasteiger partial charge in [0.25, 0.3) is 0 Å². The number of anilines is 2. The van der Waals surface area contributed by atoms with Crippen LogP contribution in [0, 0.1) is 0 Å². The van der Waals surface area contributed by atoms with E-state index in [-0.39, 0.29) is 24.1 Å². The van der Waals surface area contributed by atoms with Crippen molar-refractivity contribution in [1.82, 2.24) is 34.8 Å². The van der Waals surface area contributed by atoms with Crippen LogP contribution in [0.3, 0.4) is 0 Å². The number of fused-ring (bicyclic) bond motifs is 1. The Kier molecular flexibility index (Phi) is 5.09. The molecular formula is C19H18F3N9O. The number of H-pyrrole nitrogens is 1. The monoisotopic (exact) mass is 445 g/mol. The Balaban J connectivity index is 1.46. The van der Waals surface area contributed by atoms with Crippen molar-refractivity contribution in [2.75, 3.05) is 36.5 Å². The van der Waals surface area contributed by atoms with Gasteiger partial charge in [-0.15, -0.1) is 10.2 Å². The Morgan fingerprint density at radius 3 is 2.59 bits per heavy atom. The summed E-state index contributed by atoms with van der Waals surface area (Å²) in [4.78, 5) is 13.4. The van der Waals surface area contributed by atoms with Crippen molar-refractivity contribution in [3.8, 4) is 11.4 Å². The average Bonchev–Trinajstić information content (AvgIpc) is 3.46. The number of alkyl halides is 3. The second kappa shape index (κ2) is 8.07. The second-order valence-corrected chi connectivity index (χ2v) is 7.08. The summed E-state index contributed by atoms with van der Waals surface area (Å²) in [5, 5.41) is 15.1. The number of rotatable bonds is 5. The Morgan fingerprint density at radius 1 is 1.06 bits per heavy atom. The largest absolute Gasteiger partial charge is 0.421 e. The normalized spacial score (nSPS) is 14.8. The third kappa shape index (κ3) is 3.93. The highest BCUT2D eigenvalue weighted by atomic mass is 19.4. The van der Waals surface area contributed by atoms with Gasteiger partial charge in [-0.3, -0.25) is 0 Å². The van der Waals surface area contributed by atoms with Crippen LogP contribution in [0.1, 0.15) is 11.4 Å². The van der Waals surface area contributed by atoms with Crippen LogP contribution >= 0.6 is 0 Å². The molecule has 32 heavy (non-hydrogen) atoms. The summed E-state index contributed by atoms with van der Waals surface area (Å²) < 4.78 is 46.8. The molecule has 10 nitrogen and oxygen atoms in total. The van der Waals surface area contributed by atoms with Crippen molar-refractivity contribution in [3.63, 3.8) is 0 Å². The number of morpholine rings is 1. The molecule has 0 atom stereocenters. The molecule has 2 N–H and O–H groups in total. The predicted molar refractivity (Wildman–Crippen MR) is 108 cm³/mol. The lowest BCUT2D eigenvalue weighted by Crippen LogP contribution is -2.37. The minimum Gasteiger partial charge on any atom is -0.378 e. The molecule has 4 heterocycles. The molecule has 5 rings (SSSR count). The SMILES string of the molecule is FC(F)(F)c1cnn2c(NCc3nnc(-c4ccccc4)[nH]3)nc(N3CCOCC3)nc12. The number of ether oxygens (including phenoxy) is 1. The van der Waals surface area contributed by atoms with E-state index in [1.165, 1.54) is 0 Å². The zero-order chi connectivity index (χ0) is 22.1. The molecule has 13 heteroatoms. The van der Waals surface area contributed by atoms with E-state index in [2.05, 4.69) is 35.6 Å². The van der Waals surface area contributed by atoms with Gasteiger partial charge in [-0.2, -0.15) is 32.8 Å². The maximum absolute atomic E-state index is 13.5. The maximum Gasteiger partial charge on any atom is 0.421 e. The molecule has 1 fully saturated rings. The minimum absolute atomic E-state index is 0.115. The number of nitrogens with one attached hydrogen (secondary N) is 2. The topological polar surface area (TPSA) is 109 Å². The first-order valence-corrected chi connectivity index (χ1v) is 9.85. The van der Waals surface area contributed by atoms with Crippen LogP contribution in [0.5, 0.6) is 0 Å². The summed E-state index contributed by atoms with van der Waals surface area (Å²) >= 11 is 0. The van der Waals surface area contributed by atoms with E-state index in [0.717, 1.165) is 16.3 Å². The zero-order valence-electron chi connectivity index (χ0n) is 16.7. The number of aromatic amines is 1. The van der Waals surface area contributed by atoms with E-state index in [1.54, 1.807) is 4.90 Å². The standard InChI is InChI=1S/C19H18F3N9O/c20-19(21,22)13-10-24-31-16(13)26-18(30-6-8-32-9-7-30)27-17(31)23-11-14-25-15(29-28-14)12-4-2-1-3-5-12/h1-5,10H,6-9,11H2,(H,23,26,27)(H,25,28,29). The van der Waals surface area contributed by atoms with Gasteiger partial charge in [-0.1, -0.05) is 30.3 Å². The third-order valence-electron chi connectivity index (χ3n) is 4.95. The Bertz CT molecular complexity index is 1220. The first kappa shape index (κ1) is 20.2. The van der Waals surface area contributed by atoms with Gasteiger partial charge in [0, 0.05) is 18.7 Å². The van der Waals surface area contributed by atoms with E-state index >= 15 is 0 Å². The first-order chi connectivity index (χ1) is 15.5. The van der Waals surface area contributed by atoms with Gasteiger partial charge >= 0.3 is 6.18 Å². The van der Waals surface area contributed by atoms with E-state index in [4.69, 9.17) is 4.74 Å². The lowest BCUT2D eigenvalue weighted by Gasteiger charge is -2.27. The van der Waals surface area contributed by atoms with Crippen molar-refractivity contribution >= 4 is 17.5 Å². The summed E-state index contributed by atoms with van der Waals surface area (Å²) in [6.45, 7) is 2.00. The van der Waals surface area contributed by atoms with Crippen LogP contribution in [0.2, 0.25) is 0 Å². The van der Waals surface area contributed by atoms with Gasteiger partial charge < -0.3 is 19.9 Å². The molecule has 4 aromatic rings. The fourth-order valence-electron chi connectivity index (χ4n) is 3.35. The minimum atomic E-state index is -4.59. The van der Waals surface area contributed by atoms with E-state index in [0.29, 0.717) is 38.0 Å². The Labute approximate surface area is 179 Å². The van der Waals surface area contributed by atoms with Crippen LogP contribution in [0.25, 0.3) is 17.0 Å². The van der Waals surface area contributed by atoms with Gasteiger partial charge in [0.05, 0.1) is 26.0 Å². The third-order valence-corrected chi connectivity index (χ3v) is 4.95. The molecule has 1 aliphatic heterocycles. The molecule has 0 amide bonds. The Hall–Kier alpha value is -3.74. The molecule has 0 unspecified atom stereocenters. The zero-order valence-corrected chi connectivity index (χ0v) is 16.7. The molecule has 166 valence electrons.